The molecule has 0 saturated heterocycles. The van der Waals surface area contributed by atoms with E-state index >= 15 is 0 Å². The lowest BCUT2D eigenvalue weighted by Gasteiger charge is -2.29. The number of thioether (sulfide) groups is 1. The van der Waals surface area contributed by atoms with Crippen LogP contribution in [-0.2, 0) is 0 Å². The van der Waals surface area contributed by atoms with Crippen LogP contribution in [0.2, 0.25) is 0 Å². The normalized spacial score (nSPS) is 23.1. The maximum absolute atomic E-state index is 10.9. The highest BCUT2D eigenvalue weighted by atomic mass is 32.2. The van der Waals surface area contributed by atoms with Gasteiger partial charge < -0.3 is 5.32 Å². The van der Waals surface area contributed by atoms with Crippen molar-refractivity contribution >= 4 is 23.1 Å². The van der Waals surface area contributed by atoms with Gasteiger partial charge in [0, 0.05) is 29.1 Å². The summed E-state index contributed by atoms with van der Waals surface area (Å²) in [4.78, 5) is 10.5. The van der Waals surface area contributed by atoms with Gasteiger partial charge in [-0.25, -0.2) is 0 Å². The van der Waals surface area contributed by atoms with Gasteiger partial charge in [0.2, 0.25) is 0 Å². The van der Waals surface area contributed by atoms with Crippen LogP contribution in [0.15, 0.2) is 18.2 Å². The number of non-ortho nitro benzene ring substituents is 1. The first-order chi connectivity index (χ1) is 9.08. The second-order valence-electron chi connectivity index (χ2n) is 5.18. The molecule has 2 unspecified atom stereocenters. The zero-order valence-corrected chi connectivity index (χ0v) is 12.2. The number of rotatable bonds is 4. The lowest BCUT2D eigenvalue weighted by molar-refractivity contribution is -0.384. The van der Waals surface area contributed by atoms with E-state index in [-0.39, 0.29) is 10.6 Å². The molecule has 1 aromatic rings. The van der Waals surface area contributed by atoms with Crippen molar-refractivity contribution in [3.8, 4) is 0 Å². The molecule has 0 radical (unpaired) electrons. The number of nitrogens with zero attached hydrogens (tertiary/aromatic N) is 1. The van der Waals surface area contributed by atoms with Crippen molar-refractivity contribution in [2.45, 2.75) is 43.9 Å². The third kappa shape index (κ3) is 3.86. The van der Waals surface area contributed by atoms with E-state index in [1.807, 2.05) is 24.8 Å². The molecule has 0 spiro atoms. The van der Waals surface area contributed by atoms with Crippen LogP contribution in [0.25, 0.3) is 0 Å². The molecule has 104 valence electrons. The molecule has 19 heavy (non-hydrogen) atoms. The van der Waals surface area contributed by atoms with E-state index in [1.54, 1.807) is 12.1 Å². The monoisotopic (exact) mass is 280 g/mol. The Balaban J connectivity index is 2.08. The topological polar surface area (TPSA) is 55.2 Å². The maximum atomic E-state index is 10.9. The zero-order valence-electron chi connectivity index (χ0n) is 11.4. The molecule has 1 aliphatic rings. The highest BCUT2D eigenvalue weighted by Gasteiger charge is 2.21. The summed E-state index contributed by atoms with van der Waals surface area (Å²) >= 11 is 1.92. The molecule has 5 heteroatoms. The molecule has 2 rings (SSSR count). The van der Waals surface area contributed by atoms with Gasteiger partial charge in [-0.3, -0.25) is 10.1 Å². The summed E-state index contributed by atoms with van der Waals surface area (Å²) in [6.07, 6.45) is 6.97. The predicted molar refractivity (Wildman–Crippen MR) is 81.0 cm³/mol. The summed E-state index contributed by atoms with van der Waals surface area (Å²) in [7, 11) is 0. The van der Waals surface area contributed by atoms with E-state index in [0.717, 1.165) is 24.1 Å². The molecule has 0 aromatic heterocycles. The minimum Gasteiger partial charge on any atom is -0.382 e. The van der Waals surface area contributed by atoms with Crippen LogP contribution in [-0.4, -0.2) is 22.5 Å². The van der Waals surface area contributed by atoms with E-state index in [4.69, 9.17) is 0 Å². The standard InChI is InChI=1S/C14H20N2O2S/c1-10-6-12(8-13(7-10)16(17)18)15-11-4-3-5-14(9-11)19-2/h6-8,11,14-15H,3-5,9H2,1-2H3. The van der Waals surface area contributed by atoms with Gasteiger partial charge in [0.1, 0.15) is 0 Å². The first kappa shape index (κ1) is 14.2. The molecule has 0 aliphatic heterocycles. The molecule has 0 heterocycles. The molecule has 1 saturated carbocycles. The first-order valence-electron chi connectivity index (χ1n) is 6.64. The van der Waals surface area contributed by atoms with Crippen molar-refractivity contribution < 1.29 is 4.92 Å². The van der Waals surface area contributed by atoms with E-state index < -0.39 is 0 Å². The highest BCUT2D eigenvalue weighted by molar-refractivity contribution is 7.99. The SMILES string of the molecule is CSC1CCCC(Nc2cc(C)cc([N+](=O)[O-])c2)C1. The number of anilines is 1. The second-order valence-corrected chi connectivity index (χ2v) is 6.32. The lowest BCUT2D eigenvalue weighted by Crippen LogP contribution is -2.28. The van der Waals surface area contributed by atoms with E-state index in [2.05, 4.69) is 11.6 Å². The van der Waals surface area contributed by atoms with E-state index in [0.29, 0.717) is 11.3 Å². The Hall–Kier alpha value is -1.23. The Morgan fingerprint density at radius 2 is 2.16 bits per heavy atom. The maximum Gasteiger partial charge on any atom is 0.271 e. The van der Waals surface area contributed by atoms with E-state index in [9.17, 15) is 10.1 Å². The Kier molecular flexibility index (Phi) is 4.69. The Labute approximate surface area is 118 Å². The minimum absolute atomic E-state index is 0.166. The van der Waals surface area contributed by atoms with Crippen LogP contribution in [0.1, 0.15) is 31.2 Å². The number of hydrogen-bond acceptors (Lipinski definition) is 4. The van der Waals surface area contributed by atoms with Gasteiger partial charge >= 0.3 is 0 Å². The molecular formula is C14H20N2O2S. The fourth-order valence-electron chi connectivity index (χ4n) is 2.68. The van der Waals surface area contributed by atoms with Gasteiger partial charge in [0.25, 0.3) is 5.69 Å². The Morgan fingerprint density at radius 1 is 1.37 bits per heavy atom. The molecule has 2 atom stereocenters. The summed E-state index contributed by atoms with van der Waals surface area (Å²) < 4.78 is 0. The Morgan fingerprint density at radius 3 is 2.84 bits per heavy atom. The molecule has 0 bridgehead atoms. The molecule has 1 aliphatic carbocycles. The van der Waals surface area contributed by atoms with Crippen LogP contribution < -0.4 is 5.32 Å². The first-order valence-corrected chi connectivity index (χ1v) is 7.92. The number of benzene rings is 1. The largest absolute Gasteiger partial charge is 0.382 e. The average Bonchev–Trinajstić information content (AvgIpc) is 2.38. The number of nitro groups is 1. The van der Waals surface area contributed by atoms with E-state index in [1.165, 1.54) is 12.8 Å². The predicted octanol–water partition coefficient (Wildman–Crippen LogP) is 3.99. The van der Waals surface area contributed by atoms with Crippen molar-refractivity contribution in [3.63, 3.8) is 0 Å². The number of nitrogens with one attached hydrogen (secondary N) is 1. The third-order valence-electron chi connectivity index (χ3n) is 3.60. The summed E-state index contributed by atoms with van der Waals surface area (Å²) in [5.41, 5.74) is 1.96. The lowest BCUT2D eigenvalue weighted by atomic mass is 9.94. The zero-order chi connectivity index (χ0) is 13.8. The van der Waals surface area contributed by atoms with Crippen LogP contribution >= 0.6 is 11.8 Å². The molecule has 4 nitrogen and oxygen atoms in total. The van der Waals surface area contributed by atoms with Gasteiger partial charge in [-0.05, 0) is 44.1 Å². The fraction of sp³-hybridized carbons (Fsp3) is 0.571. The van der Waals surface area contributed by atoms with Crippen LogP contribution in [0.5, 0.6) is 0 Å². The molecule has 1 N–H and O–H groups in total. The van der Waals surface area contributed by atoms with Crippen molar-refractivity contribution in [1.82, 2.24) is 0 Å². The Bertz CT molecular complexity index is 465. The summed E-state index contributed by atoms with van der Waals surface area (Å²) in [6, 6.07) is 5.66. The van der Waals surface area contributed by atoms with Crippen molar-refractivity contribution in [2.24, 2.45) is 0 Å². The highest BCUT2D eigenvalue weighted by Crippen LogP contribution is 2.30. The van der Waals surface area contributed by atoms with Crippen LogP contribution in [0.4, 0.5) is 11.4 Å². The number of hydrogen-bond donors (Lipinski definition) is 1. The van der Waals surface area contributed by atoms with Gasteiger partial charge in [-0.2, -0.15) is 11.8 Å². The van der Waals surface area contributed by atoms with Gasteiger partial charge in [-0.15, -0.1) is 0 Å². The summed E-state index contributed by atoms with van der Waals surface area (Å²) in [6.45, 7) is 1.89. The van der Waals surface area contributed by atoms with Crippen LogP contribution in [0, 0.1) is 17.0 Å². The van der Waals surface area contributed by atoms with Crippen LogP contribution in [0.3, 0.4) is 0 Å². The van der Waals surface area contributed by atoms with Crippen molar-refractivity contribution in [2.75, 3.05) is 11.6 Å². The second kappa shape index (κ2) is 6.28. The molecular weight excluding hydrogens is 260 g/mol. The van der Waals surface area contributed by atoms with Gasteiger partial charge in [0.15, 0.2) is 0 Å². The van der Waals surface area contributed by atoms with Gasteiger partial charge in [-0.1, -0.05) is 6.42 Å². The fourth-order valence-corrected chi connectivity index (χ4v) is 3.50. The summed E-state index contributed by atoms with van der Waals surface area (Å²) in [5, 5.41) is 15.0. The smallest absolute Gasteiger partial charge is 0.271 e. The van der Waals surface area contributed by atoms with Gasteiger partial charge in [0.05, 0.1) is 4.92 Å². The number of nitro benzene ring substituents is 1. The summed E-state index contributed by atoms with van der Waals surface area (Å²) in [5.74, 6) is 0. The number of aryl methyl sites for hydroxylation is 1. The van der Waals surface area contributed by atoms with Crippen molar-refractivity contribution in [3.05, 3.63) is 33.9 Å². The minimum atomic E-state index is -0.330. The van der Waals surface area contributed by atoms with Crippen molar-refractivity contribution in [1.29, 1.82) is 0 Å². The average molecular weight is 280 g/mol. The molecule has 0 amide bonds. The molecule has 1 aromatic carbocycles. The quantitative estimate of drug-likeness (QED) is 0.669. The molecule has 1 fully saturated rings. The third-order valence-corrected chi connectivity index (χ3v) is 4.70.